The van der Waals surface area contributed by atoms with E-state index >= 15 is 0 Å². The zero-order chi connectivity index (χ0) is 13.1. The molecule has 1 N–H and O–H groups in total. The number of rotatable bonds is 4. The van der Waals surface area contributed by atoms with Crippen LogP contribution in [0.25, 0.3) is 0 Å². The normalized spacial score (nSPS) is 19.2. The van der Waals surface area contributed by atoms with Gasteiger partial charge in [0, 0.05) is 5.02 Å². The lowest BCUT2D eigenvalue weighted by Crippen LogP contribution is -2.31. The molecule has 0 saturated carbocycles. The first-order valence-corrected chi connectivity index (χ1v) is 6.69. The number of benzene rings is 1. The molecule has 1 saturated heterocycles. The standard InChI is InChI=1S/C14H18ClNO2/c1-9(2)18-13-6-5-10(15)8-11(13)14(17)12-4-3-7-16-12/h5-6,8-9,12,16H,3-4,7H2,1-2H3. The van der Waals surface area contributed by atoms with E-state index in [1.165, 1.54) is 0 Å². The largest absolute Gasteiger partial charge is 0.490 e. The van der Waals surface area contributed by atoms with E-state index in [0.29, 0.717) is 16.3 Å². The van der Waals surface area contributed by atoms with Crippen LogP contribution in [0.1, 0.15) is 37.0 Å². The summed E-state index contributed by atoms with van der Waals surface area (Å²) in [6, 6.07) is 5.11. The molecule has 0 amide bonds. The highest BCUT2D eigenvalue weighted by molar-refractivity contribution is 6.31. The number of ketones is 1. The van der Waals surface area contributed by atoms with E-state index in [1.807, 2.05) is 13.8 Å². The van der Waals surface area contributed by atoms with Crippen molar-refractivity contribution >= 4 is 17.4 Å². The molecular weight excluding hydrogens is 250 g/mol. The third-order valence-electron chi connectivity index (χ3n) is 2.95. The molecule has 0 radical (unpaired) electrons. The van der Waals surface area contributed by atoms with E-state index < -0.39 is 0 Å². The SMILES string of the molecule is CC(C)Oc1ccc(Cl)cc1C(=O)C1CCCN1. The highest BCUT2D eigenvalue weighted by Gasteiger charge is 2.26. The first-order valence-electron chi connectivity index (χ1n) is 6.31. The van der Waals surface area contributed by atoms with Crippen LogP contribution < -0.4 is 10.1 Å². The number of carbonyl (C=O) groups is 1. The van der Waals surface area contributed by atoms with E-state index in [1.54, 1.807) is 18.2 Å². The van der Waals surface area contributed by atoms with Gasteiger partial charge in [0.05, 0.1) is 17.7 Å². The zero-order valence-electron chi connectivity index (χ0n) is 10.7. The quantitative estimate of drug-likeness (QED) is 0.852. The van der Waals surface area contributed by atoms with E-state index in [9.17, 15) is 4.79 Å². The van der Waals surface area contributed by atoms with Crippen LogP contribution in [0.5, 0.6) is 5.75 Å². The highest BCUT2D eigenvalue weighted by atomic mass is 35.5. The number of hydrogen-bond acceptors (Lipinski definition) is 3. The minimum absolute atomic E-state index is 0.0364. The number of halogens is 1. The van der Waals surface area contributed by atoms with Gasteiger partial charge in [0.2, 0.25) is 0 Å². The Labute approximate surface area is 112 Å². The molecule has 98 valence electrons. The van der Waals surface area contributed by atoms with Crippen molar-refractivity contribution in [2.45, 2.75) is 38.8 Å². The van der Waals surface area contributed by atoms with E-state index in [2.05, 4.69) is 5.32 Å². The van der Waals surface area contributed by atoms with Gasteiger partial charge in [0.1, 0.15) is 5.75 Å². The van der Waals surface area contributed by atoms with Crippen LogP contribution in [0.2, 0.25) is 5.02 Å². The first-order chi connectivity index (χ1) is 8.58. The molecule has 2 rings (SSSR count). The van der Waals surface area contributed by atoms with Crippen molar-refractivity contribution in [1.29, 1.82) is 0 Å². The lowest BCUT2D eigenvalue weighted by atomic mass is 10.0. The molecule has 1 atom stereocenters. The van der Waals surface area contributed by atoms with E-state index in [4.69, 9.17) is 16.3 Å². The summed E-state index contributed by atoms with van der Waals surface area (Å²) in [5.41, 5.74) is 0.579. The van der Waals surface area contributed by atoms with Crippen LogP contribution >= 0.6 is 11.6 Å². The average Bonchev–Trinajstić information content (AvgIpc) is 2.83. The second-order valence-electron chi connectivity index (χ2n) is 4.82. The van der Waals surface area contributed by atoms with Crippen LogP contribution in [0.4, 0.5) is 0 Å². The fraction of sp³-hybridized carbons (Fsp3) is 0.500. The zero-order valence-corrected chi connectivity index (χ0v) is 11.5. The molecule has 0 aliphatic carbocycles. The fourth-order valence-corrected chi connectivity index (χ4v) is 2.32. The molecule has 1 aromatic carbocycles. The van der Waals surface area contributed by atoms with E-state index in [0.717, 1.165) is 19.4 Å². The van der Waals surface area contributed by atoms with Crippen molar-refractivity contribution in [3.05, 3.63) is 28.8 Å². The van der Waals surface area contributed by atoms with Gasteiger partial charge in [0.15, 0.2) is 5.78 Å². The van der Waals surface area contributed by atoms with Crippen LogP contribution in [0.3, 0.4) is 0 Å². The second-order valence-corrected chi connectivity index (χ2v) is 5.26. The maximum absolute atomic E-state index is 12.4. The average molecular weight is 268 g/mol. The lowest BCUT2D eigenvalue weighted by molar-refractivity contribution is 0.0946. The third kappa shape index (κ3) is 3.03. The molecule has 0 bridgehead atoms. The summed E-state index contributed by atoms with van der Waals surface area (Å²) >= 11 is 5.98. The number of Topliss-reactive ketones (excluding diaryl/α,β-unsaturated/α-hetero) is 1. The predicted molar refractivity (Wildman–Crippen MR) is 72.6 cm³/mol. The van der Waals surface area contributed by atoms with Crippen molar-refractivity contribution in [2.75, 3.05) is 6.54 Å². The molecule has 0 aromatic heterocycles. The minimum atomic E-state index is -0.0991. The molecule has 4 heteroatoms. The Balaban J connectivity index is 2.28. The van der Waals surface area contributed by atoms with Gasteiger partial charge in [-0.1, -0.05) is 11.6 Å². The molecule has 1 aromatic rings. The molecule has 0 spiro atoms. The Morgan fingerprint density at radius 1 is 1.50 bits per heavy atom. The monoisotopic (exact) mass is 267 g/mol. The third-order valence-corrected chi connectivity index (χ3v) is 3.18. The molecule has 1 heterocycles. The number of ether oxygens (including phenoxy) is 1. The fourth-order valence-electron chi connectivity index (χ4n) is 2.15. The molecule has 1 unspecified atom stereocenters. The first kappa shape index (κ1) is 13.4. The topological polar surface area (TPSA) is 38.3 Å². The Morgan fingerprint density at radius 2 is 2.28 bits per heavy atom. The molecule has 1 fully saturated rings. The maximum atomic E-state index is 12.4. The van der Waals surface area contributed by atoms with Crippen molar-refractivity contribution in [3.63, 3.8) is 0 Å². The summed E-state index contributed by atoms with van der Waals surface area (Å²) in [5, 5.41) is 3.77. The second kappa shape index (κ2) is 5.72. The number of hydrogen-bond donors (Lipinski definition) is 1. The maximum Gasteiger partial charge on any atom is 0.183 e. The summed E-state index contributed by atoms with van der Waals surface area (Å²) < 4.78 is 5.67. The van der Waals surface area contributed by atoms with Gasteiger partial charge in [-0.05, 0) is 51.4 Å². The van der Waals surface area contributed by atoms with Gasteiger partial charge in [-0.25, -0.2) is 0 Å². The van der Waals surface area contributed by atoms with Crippen molar-refractivity contribution in [1.82, 2.24) is 5.32 Å². The van der Waals surface area contributed by atoms with Crippen LogP contribution in [0, 0.1) is 0 Å². The smallest absolute Gasteiger partial charge is 0.183 e. The molecular formula is C14H18ClNO2. The molecule has 3 nitrogen and oxygen atoms in total. The van der Waals surface area contributed by atoms with Gasteiger partial charge < -0.3 is 10.1 Å². The Kier molecular flexibility index (Phi) is 4.25. The predicted octanol–water partition coefficient (Wildman–Crippen LogP) is 3.06. The summed E-state index contributed by atoms with van der Waals surface area (Å²) in [5.74, 6) is 0.693. The molecule has 18 heavy (non-hydrogen) atoms. The van der Waals surface area contributed by atoms with Crippen molar-refractivity contribution in [3.8, 4) is 5.75 Å². The Morgan fingerprint density at radius 3 is 2.89 bits per heavy atom. The van der Waals surface area contributed by atoms with Crippen molar-refractivity contribution < 1.29 is 9.53 Å². The van der Waals surface area contributed by atoms with E-state index in [-0.39, 0.29) is 17.9 Å². The summed E-state index contributed by atoms with van der Waals surface area (Å²) in [6.45, 7) is 4.78. The van der Waals surface area contributed by atoms with Gasteiger partial charge in [-0.2, -0.15) is 0 Å². The van der Waals surface area contributed by atoms with Gasteiger partial charge in [-0.3, -0.25) is 4.79 Å². The number of nitrogens with one attached hydrogen (secondary N) is 1. The molecule has 1 aliphatic heterocycles. The number of carbonyl (C=O) groups excluding carboxylic acids is 1. The summed E-state index contributed by atoms with van der Waals surface area (Å²) in [6.07, 6.45) is 1.96. The van der Waals surface area contributed by atoms with Crippen molar-refractivity contribution in [2.24, 2.45) is 0 Å². The van der Waals surface area contributed by atoms with Gasteiger partial charge in [-0.15, -0.1) is 0 Å². The summed E-state index contributed by atoms with van der Waals surface area (Å²) in [4.78, 5) is 12.4. The van der Waals surface area contributed by atoms with Crippen LogP contribution in [-0.2, 0) is 0 Å². The van der Waals surface area contributed by atoms with Gasteiger partial charge >= 0.3 is 0 Å². The van der Waals surface area contributed by atoms with Crippen LogP contribution in [0.15, 0.2) is 18.2 Å². The molecule has 1 aliphatic rings. The highest BCUT2D eigenvalue weighted by Crippen LogP contribution is 2.26. The Hall–Kier alpha value is -1.06. The lowest BCUT2D eigenvalue weighted by Gasteiger charge is -2.16. The summed E-state index contributed by atoms with van der Waals surface area (Å²) in [7, 11) is 0. The minimum Gasteiger partial charge on any atom is -0.490 e. The Bertz CT molecular complexity index is 439. The van der Waals surface area contributed by atoms with Crippen LogP contribution in [-0.4, -0.2) is 24.5 Å². The van der Waals surface area contributed by atoms with Gasteiger partial charge in [0.25, 0.3) is 0 Å².